The van der Waals surface area contributed by atoms with Crippen LogP contribution < -0.4 is 11.5 Å². The third-order valence-electron chi connectivity index (χ3n) is 3.40. The Morgan fingerprint density at radius 1 is 1.18 bits per heavy atom. The summed E-state index contributed by atoms with van der Waals surface area (Å²) in [5, 5.41) is 18.6. The van der Waals surface area contributed by atoms with Crippen molar-refractivity contribution in [1.29, 1.82) is 0 Å². The van der Waals surface area contributed by atoms with E-state index in [9.17, 15) is 19.8 Å². The van der Waals surface area contributed by atoms with E-state index in [0.717, 1.165) is 5.56 Å². The molecule has 0 fully saturated rings. The Labute approximate surface area is 129 Å². The largest absolute Gasteiger partial charge is 0.465 e. The number of primary amides is 1. The van der Waals surface area contributed by atoms with Crippen LogP contribution in [-0.2, 0) is 11.3 Å². The summed E-state index contributed by atoms with van der Waals surface area (Å²) in [5.74, 6) is -0.844. The first kappa shape index (κ1) is 17.9. The average molecular weight is 309 g/mol. The second kappa shape index (κ2) is 9.01. The van der Waals surface area contributed by atoms with E-state index in [2.05, 4.69) is 0 Å². The quantitative estimate of drug-likeness (QED) is 0.494. The molecule has 2 unspecified atom stereocenters. The highest BCUT2D eigenvalue weighted by Gasteiger charge is 2.20. The lowest BCUT2D eigenvalue weighted by Gasteiger charge is -2.20. The predicted octanol–water partition coefficient (Wildman–Crippen LogP) is 0.510. The van der Waals surface area contributed by atoms with Crippen molar-refractivity contribution in [3.05, 3.63) is 35.9 Å². The third-order valence-corrected chi connectivity index (χ3v) is 3.40. The predicted molar refractivity (Wildman–Crippen MR) is 81.9 cm³/mol. The fourth-order valence-corrected chi connectivity index (χ4v) is 2.10. The van der Waals surface area contributed by atoms with Gasteiger partial charge in [0, 0.05) is 19.1 Å². The SMILES string of the molecule is NC(=O)C(O)C(N)CCCCN(Cc1ccccc1)C(=O)O. The van der Waals surface area contributed by atoms with E-state index in [1.54, 1.807) is 0 Å². The first-order valence-corrected chi connectivity index (χ1v) is 7.16. The number of unbranched alkanes of at least 4 members (excludes halogenated alkanes) is 1. The van der Waals surface area contributed by atoms with Crippen LogP contribution in [0, 0.1) is 0 Å². The zero-order valence-corrected chi connectivity index (χ0v) is 12.4. The second-order valence-electron chi connectivity index (χ2n) is 5.20. The Morgan fingerprint density at radius 3 is 2.36 bits per heavy atom. The van der Waals surface area contributed by atoms with E-state index in [-0.39, 0.29) is 0 Å². The number of rotatable bonds is 9. The first-order chi connectivity index (χ1) is 10.4. The molecule has 0 aromatic heterocycles. The molecule has 0 radical (unpaired) electrons. The maximum absolute atomic E-state index is 11.2. The number of carbonyl (C=O) groups excluding carboxylic acids is 1. The molecule has 1 aromatic carbocycles. The molecule has 2 amide bonds. The van der Waals surface area contributed by atoms with Crippen LogP contribution in [-0.4, -0.2) is 45.8 Å². The number of nitrogens with zero attached hydrogens (tertiary/aromatic N) is 1. The van der Waals surface area contributed by atoms with Crippen molar-refractivity contribution in [3.63, 3.8) is 0 Å². The van der Waals surface area contributed by atoms with Gasteiger partial charge in [0.25, 0.3) is 0 Å². The standard InChI is InChI=1S/C15H23N3O4/c16-12(13(19)14(17)20)8-4-5-9-18(15(21)22)10-11-6-2-1-3-7-11/h1-3,6-7,12-13,19H,4-5,8-10,16H2,(H2,17,20)(H,21,22). The minimum Gasteiger partial charge on any atom is -0.465 e. The number of carbonyl (C=O) groups is 2. The summed E-state index contributed by atoms with van der Waals surface area (Å²) < 4.78 is 0. The number of benzene rings is 1. The Balaban J connectivity index is 2.36. The van der Waals surface area contributed by atoms with Crippen molar-refractivity contribution in [1.82, 2.24) is 4.90 Å². The minimum absolute atomic E-state index is 0.326. The fraction of sp³-hybridized carbons (Fsp3) is 0.467. The monoisotopic (exact) mass is 309 g/mol. The third kappa shape index (κ3) is 6.11. The van der Waals surface area contributed by atoms with Crippen LogP contribution in [0.5, 0.6) is 0 Å². The van der Waals surface area contributed by atoms with Gasteiger partial charge >= 0.3 is 6.09 Å². The summed E-state index contributed by atoms with van der Waals surface area (Å²) >= 11 is 0. The number of carboxylic acid groups (broad SMARTS) is 1. The van der Waals surface area contributed by atoms with E-state index < -0.39 is 24.1 Å². The molecule has 22 heavy (non-hydrogen) atoms. The van der Waals surface area contributed by atoms with Crippen LogP contribution in [0.1, 0.15) is 24.8 Å². The summed E-state index contributed by atoms with van der Waals surface area (Å²) in [6.07, 6.45) is -0.740. The summed E-state index contributed by atoms with van der Waals surface area (Å²) in [5.41, 5.74) is 11.5. The molecule has 0 saturated carbocycles. The maximum Gasteiger partial charge on any atom is 0.407 e. The number of hydrogen-bond donors (Lipinski definition) is 4. The average Bonchev–Trinajstić information content (AvgIpc) is 2.49. The van der Waals surface area contributed by atoms with Gasteiger partial charge < -0.3 is 26.6 Å². The summed E-state index contributed by atoms with van der Waals surface area (Å²) in [6, 6.07) is 8.62. The molecule has 0 heterocycles. The van der Waals surface area contributed by atoms with Gasteiger partial charge in [0.05, 0.1) is 0 Å². The smallest absolute Gasteiger partial charge is 0.407 e. The van der Waals surface area contributed by atoms with Crippen LogP contribution >= 0.6 is 0 Å². The topological polar surface area (TPSA) is 130 Å². The molecule has 0 spiro atoms. The van der Waals surface area contributed by atoms with Gasteiger partial charge in [0.2, 0.25) is 5.91 Å². The lowest BCUT2D eigenvalue weighted by atomic mass is 10.0. The summed E-state index contributed by atoms with van der Waals surface area (Å²) in [6.45, 7) is 0.690. The van der Waals surface area contributed by atoms with Gasteiger partial charge in [-0.15, -0.1) is 0 Å². The molecule has 0 aliphatic carbocycles. The zero-order chi connectivity index (χ0) is 16.5. The molecule has 2 atom stereocenters. The summed E-state index contributed by atoms with van der Waals surface area (Å²) in [4.78, 5) is 23.3. The van der Waals surface area contributed by atoms with Crippen molar-refractivity contribution in [2.75, 3.05) is 6.54 Å². The van der Waals surface area contributed by atoms with E-state index >= 15 is 0 Å². The van der Waals surface area contributed by atoms with Crippen molar-refractivity contribution in [2.24, 2.45) is 11.5 Å². The van der Waals surface area contributed by atoms with Crippen molar-refractivity contribution >= 4 is 12.0 Å². The molecule has 7 heteroatoms. The highest BCUT2D eigenvalue weighted by Crippen LogP contribution is 2.08. The lowest BCUT2D eigenvalue weighted by molar-refractivity contribution is -0.127. The molecule has 1 aromatic rings. The number of nitrogens with two attached hydrogens (primary N) is 2. The normalized spacial score (nSPS) is 13.4. The van der Waals surface area contributed by atoms with Gasteiger partial charge in [0.1, 0.15) is 6.10 Å². The van der Waals surface area contributed by atoms with E-state index in [1.165, 1.54) is 4.90 Å². The highest BCUT2D eigenvalue weighted by molar-refractivity contribution is 5.79. The number of amides is 2. The molecule has 122 valence electrons. The van der Waals surface area contributed by atoms with Crippen molar-refractivity contribution in [2.45, 2.75) is 38.0 Å². The van der Waals surface area contributed by atoms with Crippen LogP contribution in [0.3, 0.4) is 0 Å². The Morgan fingerprint density at radius 2 is 1.82 bits per heavy atom. The first-order valence-electron chi connectivity index (χ1n) is 7.16. The molecule has 0 aliphatic rings. The van der Waals surface area contributed by atoms with Gasteiger partial charge in [-0.25, -0.2) is 4.79 Å². The maximum atomic E-state index is 11.2. The fourth-order valence-electron chi connectivity index (χ4n) is 2.10. The molecule has 7 nitrogen and oxygen atoms in total. The van der Waals surface area contributed by atoms with Gasteiger partial charge in [-0.2, -0.15) is 0 Å². The van der Waals surface area contributed by atoms with E-state index in [4.69, 9.17) is 11.5 Å². The van der Waals surface area contributed by atoms with Crippen LogP contribution in [0.4, 0.5) is 4.79 Å². The minimum atomic E-state index is -1.36. The molecule has 6 N–H and O–H groups in total. The van der Waals surface area contributed by atoms with Crippen LogP contribution in [0.2, 0.25) is 0 Å². The van der Waals surface area contributed by atoms with Gasteiger partial charge in [-0.05, 0) is 18.4 Å². The Bertz CT molecular complexity index is 481. The molecule has 0 aliphatic heterocycles. The van der Waals surface area contributed by atoms with E-state index in [1.807, 2.05) is 30.3 Å². The summed E-state index contributed by atoms with van der Waals surface area (Å²) in [7, 11) is 0. The zero-order valence-electron chi connectivity index (χ0n) is 12.4. The highest BCUT2D eigenvalue weighted by atomic mass is 16.4. The molecular weight excluding hydrogens is 286 g/mol. The Hall–Kier alpha value is -2.12. The van der Waals surface area contributed by atoms with Crippen molar-refractivity contribution in [3.8, 4) is 0 Å². The molecule has 0 bridgehead atoms. The van der Waals surface area contributed by atoms with E-state index in [0.29, 0.717) is 32.4 Å². The molecular formula is C15H23N3O4. The van der Waals surface area contributed by atoms with Crippen LogP contribution in [0.25, 0.3) is 0 Å². The molecule has 1 rings (SSSR count). The number of aliphatic hydroxyl groups excluding tert-OH is 1. The molecule has 0 saturated heterocycles. The van der Waals surface area contributed by atoms with Crippen LogP contribution in [0.15, 0.2) is 30.3 Å². The number of hydrogen-bond acceptors (Lipinski definition) is 4. The Kier molecular flexibility index (Phi) is 7.34. The second-order valence-corrected chi connectivity index (χ2v) is 5.20. The van der Waals surface area contributed by atoms with Gasteiger partial charge in [-0.3, -0.25) is 4.79 Å². The van der Waals surface area contributed by atoms with Gasteiger partial charge in [-0.1, -0.05) is 36.8 Å². The number of aliphatic hydroxyl groups is 1. The lowest BCUT2D eigenvalue weighted by Crippen LogP contribution is -2.44. The van der Waals surface area contributed by atoms with Gasteiger partial charge in [0.15, 0.2) is 0 Å². The van der Waals surface area contributed by atoms with Crippen molar-refractivity contribution < 1.29 is 19.8 Å².